The molecule has 7 heteroatoms. The first-order valence-corrected chi connectivity index (χ1v) is 8.93. The molecule has 0 saturated carbocycles. The number of aromatic nitrogens is 1. The SMILES string of the molecule is CC(c1cccs1)N(C)C(=O)COC(=O)c1cc2ccccc2c(=O)[nH]1. The Kier molecular flexibility index (Phi) is 5.18. The van der Waals surface area contributed by atoms with Crippen LogP contribution >= 0.6 is 11.3 Å². The standard InChI is InChI=1S/C19H18N2O4S/c1-12(16-8-5-9-26-16)21(2)17(22)11-25-19(24)15-10-13-6-3-4-7-14(13)18(23)20-15/h3-10,12H,11H2,1-2H3,(H,20,23). The van der Waals surface area contributed by atoms with Crippen molar-refractivity contribution >= 4 is 34.0 Å². The molecule has 3 rings (SSSR count). The van der Waals surface area contributed by atoms with Crippen LogP contribution in [0.2, 0.25) is 0 Å². The van der Waals surface area contributed by atoms with Gasteiger partial charge in [0.05, 0.1) is 6.04 Å². The Labute approximate surface area is 154 Å². The minimum atomic E-state index is -0.738. The average Bonchev–Trinajstić information content (AvgIpc) is 3.19. The van der Waals surface area contributed by atoms with Crippen molar-refractivity contribution in [3.63, 3.8) is 0 Å². The summed E-state index contributed by atoms with van der Waals surface area (Å²) in [5.74, 6) is -1.05. The molecule has 0 fully saturated rings. The maximum Gasteiger partial charge on any atom is 0.355 e. The minimum Gasteiger partial charge on any atom is -0.451 e. The summed E-state index contributed by atoms with van der Waals surface area (Å²) in [5, 5.41) is 3.07. The molecule has 0 spiro atoms. The van der Waals surface area contributed by atoms with Crippen LogP contribution in [0.25, 0.3) is 10.8 Å². The number of H-pyrrole nitrogens is 1. The zero-order valence-electron chi connectivity index (χ0n) is 14.4. The van der Waals surface area contributed by atoms with E-state index in [0.717, 1.165) is 4.88 Å². The van der Waals surface area contributed by atoms with Crippen molar-refractivity contribution in [1.29, 1.82) is 0 Å². The van der Waals surface area contributed by atoms with Crippen LogP contribution in [0.4, 0.5) is 0 Å². The third kappa shape index (κ3) is 3.67. The number of aromatic amines is 1. The predicted octanol–water partition coefficient (Wildman–Crippen LogP) is 2.97. The molecule has 6 nitrogen and oxygen atoms in total. The zero-order chi connectivity index (χ0) is 18.7. The van der Waals surface area contributed by atoms with Gasteiger partial charge in [-0.15, -0.1) is 11.3 Å². The van der Waals surface area contributed by atoms with Gasteiger partial charge in [0, 0.05) is 17.3 Å². The molecule has 1 amide bonds. The number of pyridine rings is 1. The number of esters is 1. The second-order valence-electron chi connectivity index (χ2n) is 5.87. The molecule has 1 atom stereocenters. The molecule has 0 aliphatic rings. The number of carbonyl (C=O) groups excluding carboxylic acids is 2. The van der Waals surface area contributed by atoms with E-state index < -0.39 is 5.97 Å². The zero-order valence-corrected chi connectivity index (χ0v) is 15.2. The van der Waals surface area contributed by atoms with E-state index in [-0.39, 0.29) is 29.8 Å². The lowest BCUT2D eigenvalue weighted by atomic mass is 10.1. The number of amides is 1. The van der Waals surface area contributed by atoms with Crippen molar-refractivity contribution in [1.82, 2.24) is 9.88 Å². The highest BCUT2D eigenvalue weighted by Gasteiger charge is 2.20. The number of ether oxygens (including phenoxy) is 1. The first-order valence-electron chi connectivity index (χ1n) is 8.05. The number of fused-ring (bicyclic) bond motifs is 1. The monoisotopic (exact) mass is 370 g/mol. The number of nitrogens with one attached hydrogen (secondary N) is 1. The Hall–Kier alpha value is -2.93. The van der Waals surface area contributed by atoms with Crippen LogP contribution in [0, 0.1) is 0 Å². The van der Waals surface area contributed by atoms with Crippen LogP contribution in [0.3, 0.4) is 0 Å². The smallest absolute Gasteiger partial charge is 0.355 e. The summed E-state index contributed by atoms with van der Waals surface area (Å²) in [6.45, 7) is 1.52. The first kappa shape index (κ1) is 17.9. The molecular formula is C19H18N2O4S. The molecular weight excluding hydrogens is 352 g/mol. The number of benzene rings is 1. The third-order valence-electron chi connectivity index (χ3n) is 4.23. The van der Waals surface area contributed by atoms with Gasteiger partial charge in [-0.25, -0.2) is 4.79 Å². The summed E-state index contributed by atoms with van der Waals surface area (Å²) >= 11 is 1.56. The van der Waals surface area contributed by atoms with Crippen molar-refractivity contribution in [2.75, 3.05) is 13.7 Å². The van der Waals surface area contributed by atoms with Gasteiger partial charge in [-0.2, -0.15) is 0 Å². The summed E-state index contributed by atoms with van der Waals surface area (Å²) in [6, 6.07) is 12.2. The second-order valence-corrected chi connectivity index (χ2v) is 6.85. The van der Waals surface area contributed by atoms with Gasteiger partial charge >= 0.3 is 5.97 Å². The van der Waals surface area contributed by atoms with E-state index in [0.29, 0.717) is 10.8 Å². The molecule has 1 unspecified atom stereocenters. The second kappa shape index (κ2) is 7.53. The Morgan fingerprint density at radius 3 is 2.73 bits per heavy atom. The normalized spacial score (nSPS) is 11.9. The molecule has 0 radical (unpaired) electrons. The lowest BCUT2D eigenvalue weighted by molar-refractivity contribution is -0.135. The van der Waals surface area contributed by atoms with E-state index >= 15 is 0 Å². The number of carbonyl (C=O) groups is 2. The van der Waals surface area contributed by atoms with E-state index in [2.05, 4.69) is 4.98 Å². The lowest BCUT2D eigenvalue weighted by Gasteiger charge is -2.23. The molecule has 26 heavy (non-hydrogen) atoms. The molecule has 2 aromatic heterocycles. The molecule has 134 valence electrons. The molecule has 1 N–H and O–H groups in total. The van der Waals surface area contributed by atoms with Crippen molar-refractivity contribution < 1.29 is 14.3 Å². The fraction of sp³-hybridized carbons (Fsp3) is 0.211. The van der Waals surface area contributed by atoms with Gasteiger partial charge in [0.15, 0.2) is 6.61 Å². The van der Waals surface area contributed by atoms with Gasteiger partial charge in [0.1, 0.15) is 5.69 Å². The summed E-state index contributed by atoms with van der Waals surface area (Å²) in [4.78, 5) is 41.6. The van der Waals surface area contributed by atoms with Gasteiger partial charge < -0.3 is 14.6 Å². The Bertz CT molecular complexity index is 994. The summed E-state index contributed by atoms with van der Waals surface area (Å²) in [7, 11) is 1.67. The summed E-state index contributed by atoms with van der Waals surface area (Å²) in [6.07, 6.45) is 0. The van der Waals surface area contributed by atoms with Crippen LogP contribution in [0.1, 0.15) is 28.3 Å². The number of nitrogens with zero attached hydrogens (tertiary/aromatic N) is 1. The summed E-state index contributed by atoms with van der Waals surface area (Å²) in [5.41, 5.74) is -0.347. The minimum absolute atomic E-state index is 0.0236. The van der Waals surface area contributed by atoms with Crippen molar-refractivity contribution in [2.24, 2.45) is 0 Å². The van der Waals surface area contributed by atoms with Crippen LogP contribution in [0.15, 0.2) is 52.6 Å². The molecule has 0 aliphatic carbocycles. The first-order chi connectivity index (χ1) is 12.5. The molecule has 1 aromatic carbocycles. The summed E-state index contributed by atoms with van der Waals surface area (Å²) < 4.78 is 5.09. The highest BCUT2D eigenvalue weighted by molar-refractivity contribution is 7.10. The maximum absolute atomic E-state index is 12.3. The maximum atomic E-state index is 12.3. The predicted molar refractivity (Wildman–Crippen MR) is 100 cm³/mol. The highest BCUT2D eigenvalue weighted by atomic mass is 32.1. The van der Waals surface area contributed by atoms with E-state index in [4.69, 9.17) is 4.74 Å². The fourth-order valence-electron chi connectivity index (χ4n) is 2.56. The van der Waals surface area contributed by atoms with Crippen molar-refractivity contribution in [3.8, 4) is 0 Å². The Morgan fingerprint density at radius 2 is 2.00 bits per heavy atom. The van der Waals surface area contributed by atoms with Crippen LogP contribution in [-0.2, 0) is 9.53 Å². The number of rotatable bonds is 5. The fourth-order valence-corrected chi connectivity index (χ4v) is 3.39. The lowest BCUT2D eigenvalue weighted by Crippen LogP contribution is -2.33. The quantitative estimate of drug-likeness (QED) is 0.700. The van der Waals surface area contributed by atoms with E-state index in [1.807, 2.05) is 24.4 Å². The van der Waals surface area contributed by atoms with Crippen LogP contribution in [-0.4, -0.2) is 35.4 Å². The molecule has 2 heterocycles. The van der Waals surface area contributed by atoms with Gasteiger partial charge in [0.2, 0.25) is 0 Å². The van der Waals surface area contributed by atoms with E-state index in [1.165, 1.54) is 4.90 Å². The number of likely N-dealkylation sites (N-methyl/N-ethyl adjacent to an activating group) is 1. The molecule has 3 aromatic rings. The third-order valence-corrected chi connectivity index (χ3v) is 5.27. The largest absolute Gasteiger partial charge is 0.451 e. The topological polar surface area (TPSA) is 79.5 Å². The van der Waals surface area contributed by atoms with Gasteiger partial charge in [0.25, 0.3) is 11.5 Å². The van der Waals surface area contributed by atoms with Gasteiger partial charge in [-0.3, -0.25) is 9.59 Å². The highest BCUT2D eigenvalue weighted by Crippen LogP contribution is 2.23. The molecule has 0 saturated heterocycles. The van der Waals surface area contributed by atoms with E-state index in [1.54, 1.807) is 48.7 Å². The Balaban J connectivity index is 1.67. The van der Waals surface area contributed by atoms with Crippen LogP contribution in [0.5, 0.6) is 0 Å². The molecule has 0 aliphatic heterocycles. The average molecular weight is 370 g/mol. The van der Waals surface area contributed by atoms with Crippen molar-refractivity contribution in [2.45, 2.75) is 13.0 Å². The van der Waals surface area contributed by atoms with Crippen molar-refractivity contribution in [3.05, 3.63) is 68.8 Å². The van der Waals surface area contributed by atoms with Gasteiger partial charge in [-0.1, -0.05) is 24.3 Å². The van der Waals surface area contributed by atoms with E-state index in [9.17, 15) is 14.4 Å². The number of hydrogen-bond donors (Lipinski definition) is 1. The van der Waals surface area contributed by atoms with Gasteiger partial charge in [-0.05, 0) is 35.9 Å². The number of thiophene rings is 1. The Morgan fingerprint density at radius 1 is 1.23 bits per heavy atom. The molecule has 0 bridgehead atoms. The number of hydrogen-bond acceptors (Lipinski definition) is 5. The van der Waals surface area contributed by atoms with Crippen LogP contribution < -0.4 is 5.56 Å².